The summed E-state index contributed by atoms with van der Waals surface area (Å²) in [5.41, 5.74) is 6.17. The molecule has 36 heavy (non-hydrogen) atoms. The maximum Gasteiger partial charge on any atom is 0.244 e. The molecule has 1 aliphatic rings. The minimum absolute atomic E-state index is 0.00697. The van der Waals surface area contributed by atoms with Crippen LogP contribution in [-0.4, -0.2) is 112 Å². The van der Waals surface area contributed by atoms with E-state index in [0.29, 0.717) is 5.39 Å². The number of carbonyl (C=O) groups is 1. The maximum absolute atomic E-state index is 13.6. The van der Waals surface area contributed by atoms with Crippen molar-refractivity contribution in [2.45, 2.75) is 35.6 Å². The van der Waals surface area contributed by atoms with Crippen molar-refractivity contribution in [3.8, 4) is 0 Å². The highest BCUT2D eigenvalue weighted by Crippen LogP contribution is 2.32. The van der Waals surface area contributed by atoms with Crippen molar-refractivity contribution >= 4 is 32.4 Å². The molecule has 1 aliphatic heterocycles. The van der Waals surface area contributed by atoms with Crippen LogP contribution in [0.15, 0.2) is 41.3 Å². The molecule has 0 unspecified atom stereocenters. The van der Waals surface area contributed by atoms with E-state index in [1.807, 2.05) is 31.1 Å². The standard InChI is InChI=1S/C23H33N3O9S/c1-25(2)16-8-4-7-15-14(16)6-5-9-18(15)36(31,32)26(12-19(24)28)10-11-34-23-22(33-3)21(30)20(29)17(13-27)35-23/h4-9,17,20-23,27,29-30H,10-13H2,1-3H3,(H2,24,28)/t17-,20+,21-,22+,23-/m0/s1. The smallest absolute Gasteiger partial charge is 0.244 e. The van der Waals surface area contributed by atoms with Gasteiger partial charge in [0.05, 0.1) is 24.7 Å². The lowest BCUT2D eigenvalue weighted by Crippen LogP contribution is -2.60. The molecule has 1 fully saturated rings. The summed E-state index contributed by atoms with van der Waals surface area (Å²) in [6, 6.07) is 10.2. The number of nitrogens with zero attached hydrogens (tertiary/aromatic N) is 2. The zero-order valence-electron chi connectivity index (χ0n) is 20.4. The zero-order valence-corrected chi connectivity index (χ0v) is 21.2. The van der Waals surface area contributed by atoms with Crippen molar-refractivity contribution in [3.05, 3.63) is 36.4 Å². The highest BCUT2D eigenvalue weighted by Gasteiger charge is 2.45. The summed E-state index contributed by atoms with van der Waals surface area (Å²) in [6.45, 7) is -1.69. The molecule has 0 saturated carbocycles. The Labute approximate surface area is 209 Å². The van der Waals surface area contributed by atoms with Gasteiger partial charge in [-0.05, 0) is 12.1 Å². The lowest BCUT2D eigenvalue weighted by atomic mass is 9.99. The van der Waals surface area contributed by atoms with Gasteiger partial charge in [0.25, 0.3) is 0 Å². The summed E-state index contributed by atoms with van der Waals surface area (Å²) in [5, 5.41) is 30.9. The van der Waals surface area contributed by atoms with E-state index >= 15 is 0 Å². The number of aliphatic hydroxyl groups excluding tert-OH is 3. The van der Waals surface area contributed by atoms with E-state index in [4.69, 9.17) is 19.9 Å². The molecule has 1 saturated heterocycles. The van der Waals surface area contributed by atoms with Crippen molar-refractivity contribution in [1.82, 2.24) is 4.31 Å². The molecule has 0 aliphatic carbocycles. The van der Waals surface area contributed by atoms with E-state index in [9.17, 15) is 28.5 Å². The lowest BCUT2D eigenvalue weighted by Gasteiger charge is -2.41. The fraction of sp³-hybridized carbons (Fsp3) is 0.522. The highest BCUT2D eigenvalue weighted by molar-refractivity contribution is 7.89. The van der Waals surface area contributed by atoms with Crippen LogP contribution in [0.3, 0.4) is 0 Å². The number of hydrogen-bond acceptors (Lipinski definition) is 10. The van der Waals surface area contributed by atoms with Gasteiger partial charge in [-0.15, -0.1) is 0 Å². The van der Waals surface area contributed by atoms with Gasteiger partial charge in [0.2, 0.25) is 15.9 Å². The topological polar surface area (TPSA) is 172 Å². The van der Waals surface area contributed by atoms with Crippen LogP contribution in [0.4, 0.5) is 5.69 Å². The van der Waals surface area contributed by atoms with Gasteiger partial charge < -0.3 is 40.2 Å². The predicted molar refractivity (Wildman–Crippen MR) is 131 cm³/mol. The summed E-state index contributed by atoms with van der Waals surface area (Å²) < 4.78 is 44.5. The van der Waals surface area contributed by atoms with E-state index < -0.39 is 59.8 Å². The second-order valence-corrected chi connectivity index (χ2v) is 10.5. The van der Waals surface area contributed by atoms with Gasteiger partial charge in [-0.3, -0.25) is 4.79 Å². The molecular formula is C23H33N3O9S. The van der Waals surface area contributed by atoms with E-state index in [1.165, 1.54) is 13.2 Å². The first-order valence-corrected chi connectivity index (χ1v) is 12.7. The number of nitrogens with two attached hydrogens (primary N) is 1. The summed E-state index contributed by atoms with van der Waals surface area (Å²) in [4.78, 5) is 13.6. The van der Waals surface area contributed by atoms with Gasteiger partial charge in [-0.1, -0.05) is 24.3 Å². The maximum atomic E-state index is 13.6. The SMILES string of the molecule is CO[C@H]1[C@@H](OCCN(CC(N)=O)S(=O)(=O)c2cccc3c(N(C)C)cccc23)O[C@@H](CO)[C@@H](O)[C@@H]1O. The van der Waals surface area contributed by atoms with Gasteiger partial charge in [0, 0.05) is 44.2 Å². The molecule has 0 radical (unpaired) electrons. The fourth-order valence-corrected chi connectivity index (χ4v) is 5.79. The molecule has 2 aromatic rings. The summed E-state index contributed by atoms with van der Waals surface area (Å²) >= 11 is 0. The number of sulfonamides is 1. The molecule has 13 heteroatoms. The van der Waals surface area contributed by atoms with Crippen molar-refractivity contribution < 1.29 is 42.7 Å². The Kier molecular flexibility index (Phi) is 9.24. The minimum atomic E-state index is -4.19. The number of amides is 1. The van der Waals surface area contributed by atoms with Crippen LogP contribution >= 0.6 is 0 Å². The Hall–Kier alpha value is -2.36. The molecule has 1 amide bonds. The van der Waals surface area contributed by atoms with Crippen LogP contribution < -0.4 is 10.6 Å². The Morgan fingerprint density at radius 3 is 2.39 bits per heavy atom. The minimum Gasteiger partial charge on any atom is -0.394 e. The average molecular weight is 528 g/mol. The monoisotopic (exact) mass is 527 g/mol. The first-order valence-electron chi connectivity index (χ1n) is 11.3. The van der Waals surface area contributed by atoms with Gasteiger partial charge in [-0.25, -0.2) is 8.42 Å². The Bertz CT molecular complexity index is 1160. The Balaban J connectivity index is 1.86. The number of carbonyl (C=O) groups excluding carboxylic acids is 1. The van der Waals surface area contributed by atoms with Crippen molar-refractivity contribution in [1.29, 1.82) is 0 Å². The van der Waals surface area contributed by atoms with E-state index in [0.717, 1.165) is 15.4 Å². The van der Waals surface area contributed by atoms with Crippen LogP contribution in [-0.2, 0) is 29.0 Å². The Morgan fingerprint density at radius 1 is 1.11 bits per heavy atom. The number of hydrogen-bond donors (Lipinski definition) is 4. The molecule has 5 atom stereocenters. The molecular weight excluding hydrogens is 494 g/mol. The third-order valence-electron chi connectivity index (χ3n) is 6.01. The molecule has 12 nitrogen and oxygen atoms in total. The number of primary amides is 1. The number of rotatable bonds is 11. The Morgan fingerprint density at radius 2 is 1.78 bits per heavy atom. The molecule has 5 N–H and O–H groups in total. The van der Waals surface area contributed by atoms with Crippen LogP contribution in [0.1, 0.15) is 0 Å². The fourth-order valence-electron chi connectivity index (χ4n) is 4.19. The number of ether oxygens (including phenoxy) is 3. The first kappa shape index (κ1) is 28.2. The number of methoxy groups -OCH3 is 1. The first-order chi connectivity index (χ1) is 17.0. The summed E-state index contributed by atoms with van der Waals surface area (Å²) in [6.07, 6.45) is -6.22. The quantitative estimate of drug-likeness (QED) is 0.280. The van der Waals surface area contributed by atoms with Gasteiger partial charge in [0.15, 0.2) is 6.29 Å². The molecule has 1 heterocycles. The van der Waals surface area contributed by atoms with Gasteiger partial charge in [-0.2, -0.15) is 4.31 Å². The number of fused-ring (bicyclic) bond motifs is 1. The number of anilines is 1. The normalized spacial score (nSPS) is 24.8. The van der Waals surface area contributed by atoms with Crippen molar-refractivity contribution in [2.75, 3.05) is 52.4 Å². The van der Waals surface area contributed by atoms with Crippen molar-refractivity contribution in [3.63, 3.8) is 0 Å². The van der Waals surface area contributed by atoms with E-state index in [2.05, 4.69) is 0 Å². The molecule has 0 spiro atoms. The largest absolute Gasteiger partial charge is 0.394 e. The van der Waals surface area contributed by atoms with Crippen LogP contribution in [0.5, 0.6) is 0 Å². The molecule has 2 aromatic carbocycles. The molecule has 0 aromatic heterocycles. The second-order valence-electron chi connectivity index (χ2n) is 8.61. The molecule has 3 rings (SSSR count). The van der Waals surface area contributed by atoms with E-state index in [1.54, 1.807) is 18.2 Å². The van der Waals surface area contributed by atoms with Crippen LogP contribution in [0.2, 0.25) is 0 Å². The third kappa shape index (κ3) is 5.79. The van der Waals surface area contributed by atoms with Crippen molar-refractivity contribution in [2.24, 2.45) is 5.73 Å². The zero-order chi connectivity index (χ0) is 26.6. The number of benzene rings is 2. The van der Waals surface area contributed by atoms with Gasteiger partial charge in [0.1, 0.15) is 24.4 Å². The van der Waals surface area contributed by atoms with Gasteiger partial charge >= 0.3 is 0 Å². The lowest BCUT2D eigenvalue weighted by molar-refractivity contribution is -0.305. The average Bonchev–Trinajstić information content (AvgIpc) is 2.84. The van der Waals surface area contributed by atoms with E-state index in [-0.39, 0.29) is 18.0 Å². The molecule has 0 bridgehead atoms. The summed E-state index contributed by atoms with van der Waals surface area (Å²) in [7, 11) is 0.798. The second kappa shape index (κ2) is 11.8. The van der Waals surface area contributed by atoms with Crippen LogP contribution in [0, 0.1) is 0 Å². The highest BCUT2D eigenvalue weighted by atomic mass is 32.2. The third-order valence-corrected chi connectivity index (χ3v) is 7.91. The predicted octanol–water partition coefficient (Wildman–Crippen LogP) is -1.15. The number of aliphatic hydroxyl groups is 3. The molecule has 200 valence electrons. The summed E-state index contributed by atoms with van der Waals surface area (Å²) in [5.74, 6) is -0.852. The van der Waals surface area contributed by atoms with Crippen LogP contribution in [0.25, 0.3) is 10.8 Å².